The molecule has 3 heterocycles. The first-order valence-electron chi connectivity index (χ1n) is 5.59. The molecule has 80 valence electrons. The van der Waals surface area contributed by atoms with Crippen LogP contribution in [0, 0.1) is 5.92 Å². The molecule has 14 heavy (non-hydrogen) atoms. The van der Waals surface area contributed by atoms with Crippen LogP contribution < -0.4 is 0 Å². The summed E-state index contributed by atoms with van der Waals surface area (Å²) in [7, 11) is 0. The second-order valence-electron chi connectivity index (χ2n) is 5.11. The standard InChI is InChI=1S/C11H18S3/c1-11(2)7-3-5-12-9(7)10-8(14-11)4-6-13-10/h7-10H,3-6H2,1-2H3. The maximum atomic E-state index is 2.49. The molecule has 0 aliphatic carbocycles. The minimum atomic E-state index is 0.556. The molecule has 0 spiro atoms. The molecule has 4 atom stereocenters. The van der Waals surface area contributed by atoms with Crippen molar-refractivity contribution < 1.29 is 0 Å². The van der Waals surface area contributed by atoms with E-state index in [9.17, 15) is 0 Å². The van der Waals surface area contributed by atoms with Crippen molar-refractivity contribution in [2.75, 3.05) is 11.5 Å². The Balaban J connectivity index is 1.90. The number of hydrogen-bond acceptors (Lipinski definition) is 3. The van der Waals surface area contributed by atoms with Crippen molar-refractivity contribution in [2.24, 2.45) is 5.92 Å². The molecule has 0 amide bonds. The fourth-order valence-corrected chi connectivity index (χ4v) is 9.29. The molecule has 3 heteroatoms. The van der Waals surface area contributed by atoms with E-state index in [0.717, 1.165) is 21.7 Å². The summed E-state index contributed by atoms with van der Waals surface area (Å²) in [5.74, 6) is 3.83. The van der Waals surface area contributed by atoms with Crippen LogP contribution in [0.5, 0.6) is 0 Å². The van der Waals surface area contributed by atoms with Crippen molar-refractivity contribution in [3.8, 4) is 0 Å². The molecular weight excluding hydrogens is 228 g/mol. The first-order chi connectivity index (χ1) is 6.68. The van der Waals surface area contributed by atoms with Crippen molar-refractivity contribution in [1.82, 2.24) is 0 Å². The van der Waals surface area contributed by atoms with Gasteiger partial charge < -0.3 is 0 Å². The Kier molecular flexibility index (Phi) is 2.57. The summed E-state index contributed by atoms with van der Waals surface area (Å²) in [6.07, 6.45) is 2.94. The lowest BCUT2D eigenvalue weighted by Crippen LogP contribution is -2.46. The molecule has 3 aliphatic rings. The van der Waals surface area contributed by atoms with Gasteiger partial charge in [0.1, 0.15) is 0 Å². The van der Waals surface area contributed by atoms with E-state index < -0.39 is 0 Å². The smallest absolute Gasteiger partial charge is 0.0289 e. The predicted molar refractivity (Wildman–Crippen MR) is 70.7 cm³/mol. The van der Waals surface area contributed by atoms with Gasteiger partial charge in [0.05, 0.1) is 0 Å². The Morgan fingerprint density at radius 3 is 2.57 bits per heavy atom. The third-order valence-corrected chi connectivity index (χ3v) is 8.93. The lowest BCUT2D eigenvalue weighted by molar-refractivity contribution is 0.389. The van der Waals surface area contributed by atoms with Gasteiger partial charge >= 0.3 is 0 Å². The lowest BCUT2D eigenvalue weighted by atomic mass is 9.86. The van der Waals surface area contributed by atoms with Crippen LogP contribution in [0.15, 0.2) is 0 Å². The van der Waals surface area contributed by atoms with E-state index in [4.69, 9.17) is 0 Å². The van der Waals surface area contributed by atoms with Crippen molar-refractivity contribution in [3.05, 3.63) is 0 Å². The monoisotopic (exact) mass is 246 g/mol. The maximum absolute atomic E-state index is 2.49. The quantitative estimate of drug-likeness (QED) is 0.642. The van der Waals surface area contributed by atoms with Crippen LogP contribution in [-0.2, 0) is 0 Å². The molecule has 3 fully saturated rings. The lowest BCUT2D eigenvalue weighted by Gasteiger charge is -2.45. The van der Waals surface area contributed by atoms with Gasteiger partial charge in [0.25, 0.3) is 0 Å². The van der Waals surface area contributed by atoms with Crippen LogP contribution in [0.4, 0.5) is 0 Å². The zero-order chi connectivity index (χ0) is 9.76. The summed E-state index contributed by atoms with van der Waals surface area (Å²) in [5, 5.41) is 2.95. The zero-order valence-corrected chi connectivity index (χ0v) is 11.3. The van der Waals surface area contributed by atoms with Gasteiger partial charge in [0.2, 0.25) is 0 Å². The molecule has 3 rings (SSSR count). The molecule has 0 radical (unpaired) electrons. The number of rotatable bonds is 0. The normalized spacial score (nSPS) is 50.1. The molecule has 0 aromatic heterocycles. The highest BCUT2D eigenvalue weighted by atomic mass is 32.2. The SMILES string of the molecule is CC1(C)SC2CCSC2C2SCCC21. The van der Waals surface area contributed by atoms with Crippen LogP contribution in [0.25, 0.3) is 0 Å². The van der Waals surface area contributed by atoms with E-state index in [-0.39, 0.29) is 0 Å². The summed E-state index contributed by atoms with van der Waals surface area (Å²) >= 11 is 6.83. The zero-order valence-electron chi connectivity index (χ0n) is 8.86. The summed E-state index contributed by atoms with van der Waals surface area (Å²) in [6, 6.07) is 0. The van der Waals surface area contributed by atoms with Gasteiger partial charge in [-0.2, -0.15) is 35.3 Å². The molecule has 0 saturated carbocycles. The predicted octanol–water partition coefficient (Wildman–Crippen LogP) is 3.51. The average molecular weight is 246 g/mol. The Hall–Kier alpha value is 1.05. The van der Waals surface area contributed by atoms with Gasteiger partial charge in [-0.1, -0.05) is 13.8 Å². The maximum Gasteiger partial charge on any atom is 0.0289 e. The van der Waals surface area contributed by atoms with E-state index in [2.05, 4.69) is 49.1 Å². The first-order valence-corrected chi connectivity index (χ1v) is 8.57. The van der Waals surface area contributed by atoms with Gasteiger partial charge in [-0.25, -0.2) is 0 Å². The summed E-state index contributed by atoms with van der Waals surface area (Å²) in [4.78, 5) is 0. The molecule has 0 bridgehead atoms. The summed E-state index contributed by atoms with van der Waals surface area (Å²) in [5.41, 5.74) is 0. The van der Waals surface area contributed by atoms with Crippen molar-refractivity contribution >= 4 is 35.3 Å². The highest BCUT2D eigenvalue weighted by molar-refractivity contribution is 8.07. The first kappa shape index (κ1) is 10.2. The Bertz CT molecular complexity index is 239. The fourth-order valence-electron chi connectivity index (χ4n) is 3.18. The molecule has 3 saturated heterocycles. The van der Waals surface area contributed by atoms with Gasteiger partial charge in [0.15, 0.2) is 0 Å². The van der Waals surface area contributed by atoms with Gasteiger partial charge in [-0.05, 0) is 30.3 Å². The van der Waals surface area contributed by atoms with Crippen molar-refractivity contribution in [1.29, 1.82) is 0 Å². The van der Waals surface area contributed by atoms with Gasteiger partial charge in [-0.15, -0.1) is 0 Å². The van der Waals surface area contributed by atoms with Crippen LogP contribution >= 0.6 is 35.3 Å². The van der Waals surface area contributed by atoms with Gasteiger partial charge in [0, 0.05) is 20.5 Å². The van der Waals surface area contributed by atoms with E-state index in [0.29, 0.717) is 4.75 Å². The van der Waals surface area contributed by atoms with E-state index in [1.165, 1.54) is 24.3 Å². The highest BCUT2D eigenvalue weighted by Crippen LogP contribution is 2.59. The van der Waals surface area contributed by atoms with E-state index in [1.54, 1.807) is 0 Å². The number of thioether (sulfide) groups is 3. The van der Waals surface area contributed by atoms with Gasteiger partial charge in [-0.3, -0.25) is 0 Å². The Labute approximate surface area is 99.7 Å². The third-order valence-electron chi connectivity index (χ3n) is 3.89. The topological polar surface area (TPSA) is 0 Å². The van der Waals surface area contributed by atoms with E-state index >= 15 is 0 Å². The van der Waals surface area contributed by atoms with Crippen LogP contribution in [-0.4, -0.2) is 32.0 Å². The van der Waals surface area contributed by atoms with E-state index in [1.807, 2.05) is 0 Å². The second-order valence-corrected chi connectivity index (χ2v) is 9.58. The van der Waals surface area contributed by atoms with Crippen LogP contribution in [0.3, 0.4) is 0 Å². The molecule has 0 aromatic carbocycles. The average Bonchev–Trinajstić information content (AvgIpc) is 2.66. The molecule has 0 N–H and O–H groups in total. The second kappa shape index (κ2) is 3.53. The Morgan fingerprint density at radius 1 is 1.00 bits per heavy atom. The van der Waals surface area contributed by atoms with Crippen molar-refractivity contribution in [2.45, 2.75) is 47.2 Å². The summed E-state index contributed by atoms with van der Waals surface area (Å²) in [6.45, 7) is 4.97. The molecular formula is C11H18S3. The third kappa shape index (κ3) is 1.46. The van der Waals surface area contributed by atoms with Crippen LogP contribution in [0.2, 0.25) is 0 Å². The highest BCUT2D eigenvalue weighted by Gasteiger charge is 2.52. The minimum absolute atomic E-state index is 0.556. The minimum Gasteiger partial charge on any atom is -0.157 e. The molecule has 4 unspecified atom stereocenters. The van der Waals surface area contributed by atoms with Crippen molar-refractivity contribution in [3.63, 3.8) is 0 Å². The molecule has 0 nitrogen and oxygen atoms in total. The van der Waals surface area contributed by atoms with Crippen LogP contribution in [0.1, 0.15) is 26.7 Å². The molecule has 0 aromatic rings. The largest absolute Gasteiger partial charge is 0.157 e. The summed E-state index contributed by atoms with van der Waals surface area (Å²) < 4.78 is 0.556. The number of hydrogen-bond donors (Lipinski definition) is 0. The molecule has 3 aliphatic heterocycles. The number of fused-ring (bicyclic) bond motifs is 3. The fraction of sp³-hybridized carbons (Fsp3) is 1.00. The Morgan fingerprint density at radius 2 is 1.71 bits per heavy atom.